The molecule has 5 heteroatoms. The predicted octanol–water partition coefficient (Wildman–Crippen LogP) is 4.09. The van der Waals surface area contributed by atoms with E-state index in [-0.39, 0.29) is 0 Å². The van der Waals surface area contributed by atoms with Gasteiger partial charge in [0.25, 0.3) is 0 Å². The second-order valence-corrected chi connectivity index (χ2v) is 6.60. The van der Waals surface area contributed by atoms with E-state index in [1.165, 1.54) is 16.0 Å². The summed E-state index contributed by atoms with van der Waals surface area (Å²) in [5.74, 6) is 1.72. The number of fused-ring (bicyclic) bond motifs is 1. The summed E-state index contributed by atoms with van der Waals surface area (Å²) in [5.41, 5.74) is 2.59. The average Bonchev–Trinajstić information content (AvgIpc) is 3.06. The van der Waals surface area contributed by atoms with Crippen LogP contribution in [0.15, 0.2) is 33.9 Å². The molecule has 1 aliphatic heterocycles. The lowest BCUT2D eigenvalue weighted by atomic mass is 10.1. The normalized spacial score (nSPS) is 15.0. The Labute approximate surface area is 133 Å². The molecule has 1 aromatic carbocycles. The highest BCUT2D eigenvalue weighted by Gasteiger charge is 2.16. The number of hydrogen-bond donors (Lipinski definition) is 1. The van der Waals surface area contributed by atoms with Crippen molar-refractivity contribution in [2.75, 3.05) is 19.5 Å². The molecular weight excluding hydrogens is 302 g/mol. The Balaban J connectivity index is 1.75. The number of ether oxygens (including phenoxy) is 2. The highest BCUT2D eigenvalue weighted by molar-refractivity contribution is 7.98. The van der Waals surface area contributed by atoms with Gasteiger partial charge in [-0.25, -0.2) is 0 Å². The van der Waals surface area contributed by atoms with Gasteiger partial charge in [-0.1, -0.05) is 0 Å². The van der Waals surface area contributed by atoms with Gasteiger partial charge in [0.05, 0.1) is 0 Å². The van der Waals surface area contributed by atoms with E-state index in [9.17, 15) is 0 Å². The number of thiophene rings is 1. The zero-order valence-electron chi connectivity index (χ0n) is 12.2. The first kappa shape index (κ1) is 14.8. The Kier molecular flexibility index (Phi) is 4.73. The summed E-state index contributed by atoms with van der Waals surface area (Å²) in [4.78, 5) is 1.24. The Morgan fingerprint density at radius 2 is 2.05 bits per heavy atom. The molecule has 0 amide bonds. The molecule has 0 saturated heterocycles. The second kappa shape index (κ2) is 6.73. The number of nitrogens with one attached hydrogen (secondary N) is 1. The molecule has 112 valence electrons. The van der Waals surface area contributed by atoms with Gasteiger partial charge in [-0.3, -0.25) is 0 Å². The van der Waals surface area contributed by atoms with Crippen LogP contribution in [0.4, 0.5) is 0 Å². The molecule has 1 unspecified atom stereocenters. The smallest absolute Gasteiger partial charge is 0.162 e. The number of thioether (sulfide) groups is 1. The minimum Gasteiger partial charge on any atom is -0.486 e. The minimum absolute atomic E-state index is 0.346. The third-order valence-electron chi connectivity index (χ3n) is 3.59. The van der Waals surface area contributed by atoms with Crippen LogP contribution in [-0.4, -0.2) is 19.5 Å². The van der Waals surface area contributed by atoms with Crippen LogP contribution in [0.25, 0.3) is 0 Å². The zero-order chi connectivity index (χ0) is 14.7. The van der Waals surface area contributed by atoms with Crippen LogP contribution in [0, 0.1) is 0 Å². The molecule has 0 radical (unpaired) electrons. The largest absolute Gasteiger partial charge is 0.486 e. The van der Waals surface area contributed by atoms with Gasteiger partial charge >= 0.3 is 0 Å². The molecule has 0 spiro atoms. The van der Waals surface area contributed by atoms with Gasteiger partial charge in [0, 0.05) is 17.5 Å². The van der Waals surface area contributed by atoms with Crippen LogP contribution >= 0.6 is 23.1 Å². The third kappa shape index (κ3) is 3.36. The molecule has 1 aliphatic rings. The monoisotopic (exact) mass is 321 g/mol. The number of hydrogen-bond acceptors (Lipinski definition) is 5. The quantitative estimate of drug-likeness (QED) is 0.840. The molecule has 1 aromatic heterocycles. The van der Waals surface area contributed by atoms with Gasteiger partial charge < -0.3 is 14.8 Å². The highest BCUT2D eigenvalue weighted by atomic mass is 32.2. The summed E-state index contributed by atoms with van der Waals surface area (Å²) in [7, 11) is 0. The van der Waals surface area contributed by atoms with E-state index in [1.807, 2.05) is 0 Å². The van der Waals surface area contributed by atoms with E-state index in [0.29, 0.717) is 19.3 Å². The Morgan fingerprint density at radius 3 is 2.71 bits per heavy atom. The lowest BCUT2D eigenvalue weighted by molar-refractivity contribution is 0.171. The van der Waals surface area contributed by atoms with Gasteiger partial charge in [0.15, 0.2) is 11.5 Å². The topological polar surface area (TPSA) is 30.5 Å². The van der Waals surface area contributed by atoms with Gasteiger partial charge in [-0.05, 0) is 53.3 Å². The van der Waals surface area contributed by atoms with Crippen molar-refractivity contribution >= 4 is 23.1 Å². The van der Waals surface area contributed by atoms with Crippen LogP contribution < -0.4 is 14.8 Å². The molecule has 2 aromatic rings. The molecule has 21 heavy (non-hydrogen) atoms. The molecule has 2 heterocycles. The molecule has 1 N–H and O–H groups in total. The first-order valence-corrected chi connectivity index (χ1v) is 9.16. The van der Waals surface area contributed by atoms with E-state index >= 15 is 0 Å². The van der Waals surface area contributed by atoms with Crippen molar-refractivity contribution in [3.05, 3.63) is 40.1 Å². The maximum Gasteiger partial charge on any atom is 0.162 e. The van der Waals surface area contributed by atoms with Crippen LogP contribution in [0.2, 0.25) is 0 Å². The average molecular weight is 321 g/mol. The molecular formula is C16H19NO2S2. The molecule has 3 rings (SSSR count). The van der Waals surface area contributed by atoms with Crippen molar-refractivity contribution < 1.29 is 9.47 Å². The maximum absolute atomic E-state index is 5.68. The first-order chi connectivity index (χ1) is 10.3. The highest BCUT2D eigenvalue weighted by Crippen LogP contribution is 2.36. The van der Waals surface area contributed by atoms with E-state index in [2.05, 4.69) is 47.5 Å². The van der Waals surface area contributed by atoms with E-state index in [0.717, 1.165) is 18.0 Å². The van der Waals surface area contributed by atoms with E-state index in [4.69, 9.17) is 9.47 Å². The number of benzene rings is 1. The Hall–Kier alpha value is -1.17. The summed E-state index contributed by atoms with van der Waals surface area (Å²) >= 11 is 3.48. The van der Waals surface area contributed by atoms with E-state index < -0.39 is 0 Å². The standard InChI is InChI=1S/C16H19NO2S2/c1-11(12-3-6-21-10-12)17-9-13-7-14-15(8-16(13)20-2)19-5-4-18-14/h3,6-8,10-11,17H,4-5,9H2,1-2H3. The van der Waals surface area contributed by atoms with Crippen molar-refractivity contribution in [3.63, 3.8) is 0 Å². The van der Waals surface area contributed by atoms with Crippen molar-refractivity contribution in [3.8, 4) is 11.5 Å². The summed E-state index contributed by atoms with van der Waals surface area (Å²) < 4.78 is 11.3. The minimum atomic E-state index is 0.346. The zero-order valence-corrected chi connectivity index (χ0v) is 13.9. The van der Waals surface area contributed by atoms with Crippen molar-refractivity contribution in [2.24, 2.45) is 0 Å². The van der Waals surface area contributed by atoms with Crippen LogP contribution in [0.5, 0.6) is 11.5 Å². The molecule has 0 bridgehead atoms. The van der Waals surface area contributed by atoms with Gasteiger partial charge in [-0.2, -0.15) is 11.3 Å². The van der Waals surface area contributed by atoms with Crippen LogP contribution in [0.3, 0.4) is 0 Å². The fourth-order valence-corrected chi connectivity index (χ4v) is 3.71. The third-order valence-corrected chi connectivity index (χ3v) is 5.11. The fraction of sp³-hybridized carbons (Fsp3) is 0.375. The molecule has 0 fully saturated rings. The molecule has 3 nitrogen and oxygen atoms in total. The van der Waals surface area contributed by atoms with Crippen LogP contribution in [0.1, 0.15) is 24.1 Å². The summed E-state index contributed by atoms with van der Waals surface area (Å²) in [6.07, 6.45) is 2.09. The van der Waals surface area contributed by atoms with Gasteiger partial charge in [-0.15, -0.1) is 11.8 Å². The van der Waals surface area contributed by atoms with Gasteiger partial charge in [0.2, 0.25) is 0 Å². The first-order valence-electron chi connectivity index (χ1n) is 7.00. The molecule has 0 aliphatic carbocycles. The Bertz CT molecular complexity index is 599. The van der Waals surface area contributed by atoms with Crippen molar-refractivity contribution in [1.82, 2.24) is 5.32 Å². The second-order valence-electron chi connectivity index (χ2n) is 4.97. The van der Waals surface area contributed by atoms with Crippen LogP contribution in [-0.2, 0) is 6.54 Å². The lowest BCUT2D eigenvalue weighted by Gasteiger charge is -2.21. The Morgan fingerprint density at radius 1 is 1.29 bits per heavy atom. The van der Waals surface area contributed by atoms with E-state index in [1.54, 1.807) is 23.1 Å². The lowest BCUT2D eigenvalue weighted by Crippen LogP contribution is -2.19. The maximum atomic E-state index is 5.68. The predicted molar refractivity (Wildman–Crippen MR) is 88.8 cm³/mol. The van der Waals surface area contributed by atoms with Gasteiger partial charge in [0.1, 0.15) is 13.2 Å². The summed E-state index contributed by atoms with van der Waals surface area (Å²) in [6.45, 7) is 4.28. The summed E-state index contributed by atoms with van der Waals surface area (Å²) in [6, 6.07) is 6.71. The van der Waals surface area contributed by atoms with Crippen molar-refractivity contribution in [2.45, 2.75) is 24.4 Å². The fourth-order valence-electron chi connectivity index (χ4n) is 2.34. The molecule has 0 saturated carbocycles. The molecule has 1 atom stereocenters. The van der Waals surface area contributed by atoms with Crippen molar-refractivity contribution in [1.29, 1.82) is 0 Å². The summed E-state index contributed by atoms with van der Waals surface area (Å²) in [5, 5.41) is 7.89. The number of rotatable bonds is 5. The SMILES string of the molecule is CSc1cc2c(cc1CNC(C)c1ccsc1)OCCO2.